The first kappa shape index (κ1) is 101. The molecule has 20 rings (SSSR count). The number of nitrogens with zero attached hydrogens (tertiary/aromatic N) is 11. The van der Waals surface area contributed by atoms with Crippen LogP contribution in [0.3, 0.4) is 0 Å². The van der Waals surface area contributed by atoms with Gasteiger partial charge in [0.15, 0.2) is 0 Å². The number of carbonyl (C=O) groups is 4. The maximum Gasteiger partial charge on any atom is 0.306 e. The number of allylic oxidation sites excluding steroid dienone is 5. The molecule has 9 heterocycles. The molecule has 0 bridgehead atoms. The number of hydrogen-bond donors (Lipinski definition) is 2. The van der Waals surface area contributed by atoms with Gasteiger partial charge >= 0.3 is 5.97 Å². The van der Waals surface area contributed by atoms with Crippen molar-refractivity contribution in [2.45, 2.75) is 144 Å². The molecule has 5 aromatic carbocycles. The summed E-state index contributed by atoms with van der Waals surface area (Å²) in [4.78, 5) is 73.0. The van der Waals surface area contributed by atoms with Crippen LogP contribution < -0.4 is 10.0 Å². The van der Waals surface area contributed by atoms with Gasteiger partial charge in [0.05, 0.1) is 98.3 Å². The molecule has 724 valence electrons. The third-order valence-electron chi connectivity index (χ3n) is 33.6. The maximum absolute atomic E-state index is 12.3. The molecule has 6 aliphatic carbocycles. The van der Waals surface area contributed by atoms with Crippen LogP contribution >= 0.6 is 0 Å². The number of hydrogen-bond acceptors (Lipinski definition) is 17. The number of nitrogens with one attached hydrogen (secondary N) is 2. The van der Waals surface area contributed by atoms with Crippen molar-refractivity contribution in [2.24, 2.45) is 130 Å². The lowest BCUT2D eigenvalue weighted by Crippen LogP contribution is -2.43. The van der Waals surface area contributed by atoms with Gasteiger partial charge in [0, 0.05) is 144 Å². The predicted molar refractivity (Wildman–Crippen MR) is 557 cm³/mol. The van der Waals surface area contributed by atoms with Gasteiger partial charge in [0.1, 0.15) is 11.9 Å². The Morgan fingerprint density at radius 3 is 1.06 bits per heavy atom. The number of rotatable bonds is 15. The van der Waals surface area contributed by atoms with Gasteiger partial charge in [0.25, 0.3) is 0 Å². The molecule has 0 radical (unpaired) electrons. The zero-order chi connectivity index (χ0) is 100. The molecule has 142 heavy (non-hydrogen) atoms. The molecule has 0 unspecified atom stereocenters. The third-order valence-corrected chi connectivity index (χ3v) is 35.5. The number of carbonyl (C=O) groups excluding carboxylic acids is 4. The summed E-state index contributed by atoms with van der Waals surface area (Å²) in [5.74, 6) is 10.3. The topological polar surface area (TPSA) is 322 Å². The number of sulfonamides is 1. The van der Waals surface area contributed by atoms with Crippen molar-refractivity contribution in [3.63, 3.8) is 0 Å². The molecule has 10 aliphatic rings. The van der Waals surface area contributed by atoms with Crippen molar-refractivity contribution in [2.75, 3.05) is 20.1 Å². The second-order valence-electron chi connectivity index (χ2n) is 41.5. The smallest absolute Gasteiger partial charge is 0.306 e. The van der Waals surface area contributed by atoms with Crippen LogP contribution in [0.15, 0.2) is 243 Å². The van der Waals surface area contributed by atoms with Crippen LogP contribution in [-0.2, 0) is 33.9 Å². The van der Waals surface area contributed by atoms with Crippen LogP contribution in [0.2, 0.25) is 0 Å². The molecule has 4 aliphatic heterocycles. The van der Waals surface area contributed by atoms with Crippen LogP contribution in [-0.4, -0.2) is 99.3 Å². The molecule has 0 spiro atoms. The van der Waals surface area contributed by atoms with Gasteiger partial charge in [-0.1, -0.05) is 221 Å². The number of nitriles is 5. The Morgan fingerprint density at radius 2 is 0.690 bits per heavy atom. The Balaban J connectivity index is 0.000000128. The van der Waals surface area contributed by atoms with E-state index in [0.717, 1.165) is 129 Å². The van der Waals surface area contributed by atoms with E-state index in [1.54, 1.807) is 12.3 Å². The van der Waals surface area contributed by atoms with E-state index in [1.807, 2.05) is 219 Å². The van der Waals surface area contributed by atoms with Gasteiger partial charge in [0.2, 0.25) is 21.8 Å². The summed E-state index contributed by atoms with van der Waals surface area (Å²) in [7, 11) is -1.23. The number of ketones is 1. The SMILES string of the molecule is C[C@H]1[C@H](/C=C/c2ccc(-c3ccccc3C#N)cn2)[C@@H]2CC(=O)C[C@@H]2C[C@@H]1C.C[C@H]1[C@H](/C=C/c2ccc(-c3ccccc3C#N)cn2)[C@@H]2CC(=O)N(C)[C@@H]2C[C@@H]1C.C[C@H]1[C@H](/C=C/c2ccc(-c3ccccc3C#N)cn2)[C@@H]2CC(=O)O[C@@H]2C[C@@H]1C.C[C@H]1[C@H](/C=C/c2ccc(-c3ccccc3C#N)cn2)[C@@H]2CNC(=O)[C@@H]2C[C@@H]1C.C[C@H]1[C@H](/C=C/c2ccc(-c3ccccc3C#N)cn2)[C@@H]2CNS(=O)(=O)[C@@H]2C[C@@H]1C. The van der Waals surface area contributed by atoms with Crippen molar-refractivity contribution in [3.05, 3.63) is 300 Å². The van der Waals surface area contributed by atoms with E-state index in [0.29, 0.717) is 166 Å². The average molecular weight is 1910 g/mol. The van der Waals surface area contributed by atoms with E-state index in [9.17, 15) is 53.9 Å². The van der Waals surface area contributed by atoms with Crippen LogP contribution in [0.5, 0.6) is 0 Å². The van der Waals surface area contributed by atoms with Crippen LogP contribution in [0, 0.1) is 187 Å². The first-order chi connectivity index (χ1) is 68.6. The molecular weight excluding hydrogens is 1780 g/mol. The molecule has 2 N–H and O–H groups in total. The summed E-state index contributed by atoms with van der Waals surface area (Å²) in [6.07, 6.45) is 38.4. The Labute approximate surface area is 837 Å². The van der Waals surface area contributed by atoms with Crippen LogP contribution in [0.1, 0.15) is 183 Å². The highest BCUT2D eigenvalue weighted by atomic mass is 32.2. The fourth-order valence-corrected chi connectivity index (χ4v) is 26.3. The summed E-state index contributed by atoms with van der Waals surface area (Å²) in [6.45, 7) is 24.0. The monoisotopic (exact) mass is 1910 g/mol. The molecular formula is C121H127N13O7S. The largest absolute Gasteiger partial charge is 0.462 e. The van der Waals surface area contributed by atoms with Crippen molar-refractivity contribution in [1.29, 1.82) is 26.3 Å². The number of ether oxygens (including phenoxy) is 1. The maximum atomic E-state index is 12.3. The standard InChI is InChI=1S/C25H27N3O.C25H26N2O.C24H25N3O.C24H24N2O2.C23H25N3O2S/c1-16-12-24-23(13-25(29)28(24)3)21(17(16)2)11-10-20-9-8-19(15-27-20)22-7-5-4-6-18(22)14-26;1-16-11-20-12-22(28)13-25(20)23(17(16)2)10-9-21-8-7-19(15-27-21)24-6-4-3-5-18(24)14-26;1-15-11-22-23(14-27-24(22)28)20(16(15)2)10-9-19-8-7-18(13-26-19)21-6-4-3-5-17(21)12-25;1-15-11-23-22(12-24(27)28-23)20(16(15)2)10-9-19-8-7-18(14-26-19)21-6-4-3-5-17(21)13-25;1-15-11-23-22(14-26-29(23,27)28)20(16(15)2)10-9-19-8-7-18(13-25-19)21-6-4-3-5-17(21)12-24/h4-11,15-17,21,23-24H,12-13H2,1-3H3;3-10,15-17,20,23,25H,11-13H2,1-2H3;3-10,13,15-16,20,22-23H,11,14H2,1-2H3,(H,27,28);3-10,14-16,20,22-23H,11-12H2,1-2H3;3-10,13,15-16,20,22-23,26H,11,14H2,1-2H3/b11-10+;4*10-9+/t16-,17+,21-,23-,24+;16-,17+,20-,23-,25+;15-,16+,20-,22+,23-;2*15-,16+,20-,22-,23+/m00000/s1. The molecule has 10 aromatic rings. The van der Waals surface area contributed by atoms with E-state index in [-0.39, 0.29) is 52.8 Å². The number of aromatic nitrogens is 5. The number of esters is 1. The quantitative estimate of drug-likeness (QED) is 0.0901. The number of fused-ring (bicyclic) bond motifs is 5. The van der Waals surface area contributed by atoms with Gasteiger partial charge in [-0.3, -0.25) is 44.1 Å². The van der Waals surface area contributed by atoms with Gasteiger partial charge in [-0.2, -0.15) is 26.3 Å². The Kier molecular flexibility index (Phi) is 32.2. The molecule has 5 aromatic heterocycles. The zero-order valence-electron chi connectivity index (χ0n) is 82.9. The second-order valence-corrected chi connectivity index (χ2v) is 43.5. The van der Waals surface area contributed by atoms with Gasteiger partial charge < -0.3 is 15.0 Å². The summed E-state index contributed by atoms with van der Waals surface area (Å²) >= 11 is 0. The number of pyridine rings is 5. The van der Waals surface area contributed by atoms with E-state index in [4.69, 9.17) is 4.74 Å². The first-order valence-electron chi connectivity index (χ1n) is 50.5. The van der Waals surface area contributed by atoms with Crippen molar-refractivity contribution in [3.8, 4) is 86.0 Å². The Hall–Kier alpha value is -14.0. The Morgan fingerprint density at radius 1 is 0.359 bits per heavy atom. The summed E-state index contributed by atoms with van der Waals surface area (Å²) in [5, 5.41) is 49.2. The summed E-state index contributed by atoms with van der Waals surface area (Å²) in [5.41, 5.74) is 16.9. The molecule has 2 amide bonds. The van der Waals surface area contributed by atoms with E-state index < -0.39 is 10.0 Å². The second kappa shape index (κ2) is 45.3. The molecule has 10 fully saturated rings. The van der Waals surface area contributed by atoms with Crippen molar-refractivity contribution < 1.29 is 32.3 Å². The minimum Gasteiger partial charge on any atom is -0.462 e. The number of Topliss-reactive ketones (excluding diaryl/α,β-unsaturated/α-hetero) is 1. The highest BCUT2D eigenvalue weighted by Gasteiger charge is 2.53. The van der Waals surface area contributed by atoms with Gasteiger partial charge in [-0.05, 0) is 242 Å². The number of likely N-dealkylation sites (tertiary alicyclic amines) is 1. The van der Waals surface area contributed by atoms with Crippen LogP contribution in [0.25, 0.3) is 86.0 Å². The Bertz CT molecular complexity index is 6420. The van der Waals surface area contributed by atoms with E-state index >= 15 is 0 Å². The number of benzene rings is 5. The molecule has 4 saturated heterocycles. The van der Waals surface area contributed by atoms with Crippen molar-refractivity contribution in [1.82, 2.24) is 39.9 Å². The lowest BCUT2D eigenvalue weighted by Gasteiger charge is -2.42. The van der Waals surface area contributed by atoms with E-state index in [1.165, 1.54) is 6.42 Å². The first-order valence-corrected chi connectivity index (χ1v) is 52.1. The highest BCUT2D eigenvalue weighted by Crippen LogP contribution is 2.53. The number of amides is 2. The molecule has 20 nitrogen and oxygen atoms in total. The fraction of sp³-hybridized carbons (Fsp3) is 0.388. The molecule has 25 atom stereocenters. The fourth-order valence-electron chi connectivity index (χ4n) is 24.3. The molecule has 21 heteroatoms. The van der Waals surface area contributed by atoms with E-state index in [2.05, 4.69) is 189 Å². The lowest BCUT2D eigenvalue weighted by molar-refractivity contribution is -0.143. The summed E-state index contributed by atoms with van der Waals surface area (Å²) in [6, 6.07) is 69.3. The van der Waals surface area contributed by atoms with Crippen molar-refractivity contribution >= 4 is 64.0 Å². The van der Waals surface area contributed by atoms with Gasteiger partial charge in [-0.15, -0.1) is 0 Å². The predicted octanol–water partition coefficient (Wildman–Crippen LogP) is 23.3. The molecule has 6 saturated carbocycles. The minimum atomic E-state index is -3.19. The highest BCUT2D eigenvalue weighted by molar-refractivity contribution is 7.90. The van der Waals surface area contributed by atoms with Gasteiger partial charge in [-0.25, -0.2) is 13.1 Å². The third kappa shape index (κ3) is 22.6. The van der Waals surface area contributed by atoms with Crippen LogP contribution in [0.4, 0.5) is 0 Å². The lowest BCUT2D eigenvalue weighted by atomic mass is 9.64. The normalized spacial score (nSPS) is 29.6. The zero-order valence-corrected chi connectivity index (χ0v) is 83.7. The summed E-state index contributed by atoms with van der Waals surface area (Å²) < 4.78 is 32.9. The average Bonchev–Trinajstić information content (AvgIpc) is 1.60. The minimum absolute atomic E-state index is 0.0613.